The average Bonchev–Trinajstić information content (AvgIpc) is 2.91. The van der Waals surface area contributed by atoms with E-state index in [0.29, 0.717) is 32.6 Å². The highest BCUT2D eigenvalue weighted by atomic mass is 35.5. The number of aromatic carboxylic acids is 1. The van der Waals surface area contributed by atoms with Gasteiger partial charge in [0.2, 0.25) is 5.89 Å². The Balaban J connectivity index is 0.000000847. The maximum atomic E-state index is 10.9. The largest absolute Gasteiger partial charge is 0.478 e. The Bertz CT molecular complexity index is 824. The molecule has 2 aromatic carbocycles. The molecule has 0 aliphatic carbocycles. The Morgan fingerprint density at radius 2 is 1.73 bits per heavy atom. The van der Waals surface area contributed by atoms with Gasteiger partial charge in [0, 0.05) is 15.6 Å². The lowest BCUT2D eigenvalue weighted by atomic mass is 10.2. The molecular formula is C15H9Cl2NO4. The predicted molar refractivity (Wildman–Crippen MR) is 83.5 cm³/mol. The van der Waals surface area contributed by atoms with Gasteiger partial charge in [0.05, 0.1) is 5.56 Å². The van der Waals surface area contributed by atoms with E-state index in [0.717, 1.165) is 0 Å². The van der Waals surface area contributed by atoms with Crippen LogP contribution < -0.4 is 0 Å². The fourth-order valence-corrected chi connectivity index (χ4v) is 2.38. The number of hydrogen-bond acceptors (Lipinski definition) is 4. The number of nitrogens with zero attached hydrogens (tertiary/aromatic N) is 1. The van der Waals surface area contributed by atoms with Crippen LogP contribution in [0.4, 0.5) is 0 Å². The lowest BCUT2D eigenvalue weighted by Gasteiger charge is -1.97. The third-order valence-electron chi connectivity index (χ3n) is 2.74. The van der Waals surface area contributed by atoms with Gasteiger partial charge in [0.1, 0.15) is 12.3 Å². The Morgan fingerprint density at radius 1 is 1.09 bits per heavy atom. The molecule has 22 heavy (non-hydrogen) atoms. The van der Waals surface area contributed by atoms with Crippen molar-refractivity contribution in [3.63, 3.8) is 0 Å². The smallest absolute Gasteiger partial charge is 0.335 e. The Hall–Kier alpha value is -2.37. The second kappa shape index (κ2) is 6.60. The SMILES string of the molecule is C=O.O=C(O)c1ccc2nc(-c3cc(Cl)cc(Cl)c3)oc2c1. The summed E-state index contributed by atoms with van der Waals surface area (Å²) < 4.78 is 5.56. The Morgan fingerprint density at radius 3 is 2.32 bits per heavy atom. The van der Waals surface area contributed by atoms with Crippen LogP contribution in [0.25, 0.3) is 22.6 Å². The number of fused-ring (bicyclic) bond motifs is 1. The summed E-state index contributed by atoms with van der Waals surface area (Å²) in [7, 11) is 0. The van der Waals surface area contributed by atoms with E-state index in [-0.39, 0.29) is 5.56 Å². The molecule has 1 N–H and O–H groups in total. The second-order valence-electron chi connectivity index (χ2n) is 4.16. The summed E-state index contributed by atoms with van der Waals surface area (Å²) in [6, 6.07) is 9.46. The van der Waals surface area contributed by atoms with Crippen LogP contribution in [0.1, 0.15) is 10.4 Å². The molecule has 112 valence electrons. The number of benzene rings is 2. The third kappa shape index (κ3) is 3.27. The van der Waals surface area contributed by atoms with E-state index in [2.05, 4.69) is 4.98 Å². The molecule has 0 aliphatic heterocycles. The van der Waals surface area contributed by atoms with Gasteiger partial charge in [-0.3, -0.25) is 0 Å². The fourth-order valence-electron chi connectivity index (χ4n) is 1.86. The van der Waals surface area contributed by atoms with Crippen molar-refractivity contribution in [3.8, 4) is 11.5 Å². The summed E-state index contributed by atoms with van der Waals surface area (Å²) in [5.41, 5.74) is 1.75. The summed E-state index contributed by atoms with van der Waals surface area (Å²) in [6.45, 7) is 2.00. The number of halogens is 2. The fraction of sp³-hybridized carbons (Fsp3) is 0. The van der Waals surface area contributed by atoms with Gasteiger partial charge < -0.3 is 14.3 Å². The van der Waals surface area contributed by atoms with Crippen LogP contribution in [0.5, 0.6) is 0 Å². The van der Waals surface area contributed by atoms with Crippen LogP contribution in [0.3, 0.4) is 0 Å². The van der Waals surface area contributed by atoms with Gasteiger partial charge >= 0.3 is 5.97 Å². The number of oxazole rings is 1. The van der Waals surface area contributed by atoms with Crippen molar-refractivity contribution in [2.75, 3.05) is 0 Å². The number of carboxylic acid groups (broad SMARTS) is 1. The zero-order chi connectivity index (χ0) is 16.3. The first kappa shape index (κ1) is 16.0. The molecule has 7 heteroatoms. The summed E-state index contributed by atoms with van der Waals surface area (Å²) in [6.07, 6.45) is 0. The summed E-state index contributed by atoms with van der Waals surface area (Å²) in [5, 5.41) is 9.89. The zero-order valence-electron chi connectivity index (χ0n) is 11.0. The zero-order valence-corrected chi connectivity index (χ0v) is 12.6. The third-order valence-corrected chi connectivity index (χ3v) is 3.18. The summed E-state index contributed by atoms with van der Waals surface area (Å²) in [5.74, 6) is -0.678. The minimum atomic E-state index is -1.02. The standard InChI is InChI=1S/C14H7Cl2NO3.CH2O/c15-9-3-8(4-10(16)6-9)13-17-11-2-1-7(14(18)19)5-12(11)20-13;1-2/h1-6H,(H,18,19);1H2. The van der Waals surface area contributed by atoms with Crippen molar-refractivity contribution in [2.24, 2.45) is 0 Å². The number of carboxylic acids is 1. The molecule has 0 saturated carbocycles. The average molecular weight is 338 g/mol. The Labute approximate surface area is 135 Å². The van der Waals surface area contributed by atoms with E-state index in [1.54, 1.807) is 24.3 Å². The first-order chi connectivity index (χ1) is 10.5. The van der Waals surface area contributed by atoms with Crippen molar-refractivity contribution in [3.05, 3.63) is 52.0 Å². The highest BCUT2D eigenvalue weighted by Gasteiger charge is 2.12. The molecular weight excluding hydrogens is 329 g/mol. The normalized spacial score (nSPS) is 10.1. The van der Waals surface area contributed by atoms with Crippen LogP contribution in [0.15, 0.2) is 40.8 Å². The molecule has 0 fully saturated rings. The van der Waals surface area contributed by atoms with Crippen LogP contribution in [-0.2, 0) is 4.79 Å². The van der Waals surface area contributed by atoms with Gasteiger partial charge in [-0.2, -0.15) is 0 Å². The summed E-state index contributed by atoms with van der Waals surface area (Å²) >= 11 is 11.9. The molecule has 0 spiro atoms. The highest BCUT2D eigenvalue weighted by molar-refractivity contribution is 6.35. The Kier molecular flexibility index (Phi) is 4.80. The quantitative estimate of drug-likeness (QED) is 0.753. The molecule has 1 heterocycles. The molecule has 0 unspecified atom stereocenters. The molecule has 0 amide bonds. The van der Waals surface area contributed by atoms with Crippen LogP contribution in [0, 0.1) is 0 Å². The van der Waals surface area contributed by atoms with Crippen LogP contribution in [-0.4, -0.2) is 22.8 Å². The van der Waals surface area contributed by atoms with E-state index >= 15 is 0 Å². The molecule has 0 saturated heterocycles. The number of rotatable bonds is 2. The molecule has 5 nitrogen and oxygen atoms in total. The maximum Gasteiger partial charge on any atom is 0.335 e. The molecule has 0 atom stereocenters. The highest BCUT2D eigenvalue weighted by Crippen LogP contribution is 2.29. The van der Waals surface area contributed by atoms with Crippen molar-refractivity contribution in [1.29, 1.82) is 0 Å². The number of aromatic nitrogens is 1. The van der Waals surface area contributed by atoms with E-state index in [1.807, 2.05) is 6.79 Å². The van der Waals surface area contributed by atoms with Crippen molar-refractivity contribution in [2.45, 2.75) is 0 Å². The van der Waals surface area contributed by atoms with Gasteiger partial charge in [0.15, 0.2) is 5.58 Å². The maximum absolute atomic E-state index is 10.9. The van der Waals surface area contributed by atoms with Crippen molar-refractivity contribution < 1.29 is 19.1 Å². The van der Waals surface area contributed by atoms with E-state index in [9.17, 15) is 4.79 Å². The van der Waals surface area contributed by atoms with Gasteiger partial charge in [0.25, 0.3) is 0 Å². The van der Waals surface area contributed by atoms with Gasteiger partial charge in [-0.05, 0) is 36.4 Å². The van der Waals surface area contributed by atoms with Crippen molar-refractivity contribution >= 4 is 47.1 Å². The summed E-state index contributed by atoms with van der Waals surface area (Å²) in [4.78, 5) is 23.2. The molecule has 3 rings (SSSR count). The monoisotopic (exact) mass is 337 g/mol. The topological polar surface area (TPSA) is 80.4 Å². The number of hydrogen-bond donors (Lipinski definition) is 1. The molecule has 0 aliphatic rings. The second-order valence-corrected chi connectivity index (χ2v) is 5.04. The van der Waals surface area contributed by atoms with Crippen LogP contribution >= 0.6 is 23.2 Å². The number of carbonyl (C=O) groups excluding carboxylic acids is 1. The molecule has 0 radical (unpaired) electrons. The lowest BCUT2D eigenvalue weighted by Crippen LogP contribution is -1.94. The number of carbonyl (C=O) groups is 2. The first-order valence-electron chi connectivity index (χ1n) is 5.92. The lowest BCUT2D eigenvalue weighted by molar-refractivity contribution is -0.0980. The predicted octanol–water partition coefficient (Wildman–Crippen LogP) is 4.31. The van der Waals surface area contributed by atoms with Gasteiger partial charge in [-0.25, -0.2) is 9.78 Å². The van der Waals surface area contributed by atoms with Crippen LogP contribution in [0.2, 0.25) is 10.0 Å². The van der Waals surface area contributed by atoms with E-state index in [1.165, 1.54) is 12.1 Å². The minimum absolute atomic E-state index is 0.143. The minimum Gasteiger partial charge on any atom is -0.478 e. The van der Waals surface area contributed by atoms with E-state index < -0.39 is 5.97 Å². The van der Waals surface area contributed by atoms with E-state index in [4.69, 9.17) is 37.5 Å². The van der Waals surface area contributed by atoms with Crippen molar-refractivity contribution in [1.82, 2.24) is 4.98 Å². The first-order valence-corrected chi connectivity index (χ1v) is 6.68. The van der Waals surface area contributed by atoms with Gasteiger partial charge in [-0.1, -0.05) is 23.2 Å². The molecule has 3 aromatic rings. The van der Waals surface area contributed by atoms with Gasteiger partial charge in [-0.15, -0.1) is 0 Å². The molecule has 0 bridgehead atoms. The molecule has 1 aromatic heterocycles.